The van der Waals surface area contributed by atoms with Crippen molar-refractivity contribution < 1.29 is 17.9 Å². The molecule has 0 radical (unpaired) electrons. The first-order valence-corrected chi connectivity index (χ1v) is 6.93. The normalized spacial score (nSPS) is 13.4. The van der Waals surface area contributed by atoms with Crippen molar-refractivity contribution in [2.75, 3.05) is 0 Å². The van der Waals surface area contributed by atoms with Crippen LogP contribution in [0.1, 0.15) is 44.2 Å². The molecule has 0 saturated carbocycles. The van der Waals surface area contributed by atoms with Crippen LogP contribution in [0.3, 0.4) is 0 Å². The highest BCUT2D eigenvalue weighted by Gasteiger charge is 2.32. The van der Waals surface area contributed by atoms with Crippen LogP contribution in [0.15, 0.2) is 22.7 Å². The van der Waals surface area contributed by atoms with Gasteiger partial charge in [-0.05, 0) is 24.6 Å². The van der Waals surface area contributed by atoms with Crippen molar-refractivity contribution in [2.24, 2.45) is 5.73 Å². The Kier molecular flexibility index (Phi) is 6.13. The van der Waals surface area contributed by atoms with Crippen LogP contribution in [0, 0.1) is 0 Å². The molecule has 6 heteroatoms. The molecule has 0 bridgehead atoms. The molecule has 0 spiro atoms. The third-order valence-corrected chi connectivity index (χ3v) is 3.21. The Balaban J connectivity index is 2.87. The minimum atomic E-state index is -4.70. The summed E-state index contributed by atoms with van der Waals surface area (Å²) < 4.78 is 41.6. The third-order valence-electron chi connectivity index (χ3n) is 2.72. The minimum Gasteiger partial charge on any atom is -0.405 e. The SMILES string of the molecule is CCCCC[C@@H](N)c1cc(Br)ccc1OC(F)(F)F. The van der Waals surface area contributed by atoms with Gasteiger partial charge in [-0.1, -0.05) is 42.1 Å². The van der Waals surface area contributed by atoms with Crippen LogP contribution in [0.4, 0.5) is 13.2 Å². The van der Waals surface area contributed by atoms with Gasteiger partial charge in [-0.2, -0.15) is 0 Å². The molecule has 0 heterocycles. The van der Waals surface area contributed by atoms with E-state index in [1.165, 1.54) is 12.1 Å². The Morgan fingerprint density at radius 2 is 2.00 bits per heavy atom. The molecule has 0 aliphatic carbocycles. The van der Waals surface area contributed by atoms with Crippen LogP contribution >= 0.6 is 15.9 Å². The van der Waals surface area contributed by atoms with Gasteiger partial charge in [0.05, 0.1) is 0 Å². The average Bonchev–Trinajstić information content (AvgIpc) is 2.30. The van der Waals surface area contributed by atoms with E-state index in [1.807, 2.05) is 0 Å². The molecule has 0 aromatic heterocycles. The zero-order chi connectivity index (χ0) is 14.5. The van der Waals surface area contributed by atoms with Crippen molar-refractivity contribution >= 4 is 15.9 Å². The van der Waals surface area contributed by atoms with Gasteiger partial charge in [0.2, 0.25) is 0 Å². The molecule has 0 amide bonds. The quantitative estimate of drug-likeness (QED) is 0.746. The van der Waals surface area contributed by atoms with Gasteiger partial charge in [0, 0.05) is 16.1 Å². The lowest BCUT2D eigenvalue weighted by atomic mass is 10.0. The number of alkyl halides is 3. The number of hydrogen-bond acceptors (Lipinski definition) is 2. The van der Waals surface area contributed by atoms with E-state index < -0.39 is 12.4 Å². The number of rotatable bonds is 6. The summed E-state index contributed by atoms with van der Waals surface area (Å²) in [5.74, 6) is -0.223. The summed E-state index contributed by atoms with van der Waals surface area (Å²) in [4.78, 5) is 0. The van der Waals surface area contributed by atoms with Crippen molar-refractivity contribution in [1.29, 1.82) is 0 Å². The Bertz CT molecular complexity index is 409. The number of nitrogens with two attached hydrogens (primary N) is 1. The molecule has 0 unspecified atom stereocenters. The molecular weight excluding hydrogens is 323 g/mol. The van der Waals surface area contributed by atoms with Gasteiger partial charge < -0.3 is 10.5 Å². The number of benzene rings is 1. The van der Waals surface area contributed by atoms with E-state index in [0.29, 0.717) is 16.5 Å². The number of halogens is 4. The maximum absolute atomic E-state index is 12.3. The van der Waals surface area contributed by atoms with E-state index in [1.54, 1.807) is 6.07 Å². The number of ether oxygens (including phenoxy) is 1. The number of unbranched alkanes of at least 4 members (excludes halogenated alkanes) is 2. The average molecular weight is 340 g/mol. The summed E-state index contributed by atoms with van der Waals surface area (Å²) in [6, 6.07) is 3.91. The van der Waals surface area contributed by atoms with Crippen molar-refractivity contribution in [3.63, 3.8) is 0 Å². The zero-order valence-electron chi connectivity index (χ0n) is 10.6. The van der Waals surface area contributed by atoms with Crippen LogP contribution < -0.4 is 10.5 Å². The zero-order valence-corrected chi connectivity index (χ0v) is 12.2. The molecule has 0 fully saturated rings. The Labute approximate surface area is 119 Å². The van der Waals surface area contributed by atoms with Crippen molar-refractivity contribution in [3.8, 4) is 5.75 Å². The molecular formula is C13H17BrF3NO. The fourth-order valence-corrected chi connectivity index (χ4v) is 2.18. The molecule has 0 aliphatic heterocycles. The van der Waals surface area contributed by atoms with Gasteiger partial charge in [0.25, 0.3) is 0 Å². The third kappa shape index (κ3) is 5.82. The summed E-state index contributed by atoms with van der Waals surface area (Å²) in [6.07, 6.45) is -1.13. The largest absolute Gasteiger partial charge is 0.573 e. The lowest BCUT2D eigenvalue weighted by Gasteiger charge is -2.18. The van der Waals surface area contributed by atoms with Crippen LogP contribution in [0.5, 0.6) is 5.75 Å². The molecule has 1 aromatic rings. The van der Waals surface area contributed by atoms with Crippen LogP contribution in [0.25, 0.3) is 0 Å². The predicted octanol–water partition coefficient (Wildman–Crippen LogP) is 4.93. The lowest BCUT2D eigenvalue weighted by molar-refractivity contribution is -0.275. The van der Waals surface area contributed by atoms with E-state index in [9.17, 15) is 13.2 Å². The second-order valence-electron chi connectivity index (χ2n) is 4.33. The molecule has 1 atom stereocenters. The van der Waals surface area contributed by atoms with Crippen molar-refractivity contribution in [2.45, 2.75) is 45.0 Å². The highest BCUT2D eigenvalue weighted by atomic mass is 79.9. The van der Waals surface area contributed by atoms with E-state index in [0.717, 1.165) is 19.3 Å². The molecule has 1 rings (SSSR count). The molecule has 2 nitrogen and oxygen atoms in total. The van der Waals surface area contributed by atoms with Crippen LogP contribution in [-0.2, 0) is 0 Å². The predicted molar refractivity (Wildman–Crippen MR) is 71.9 cm³/mol. The maximum atomic E-state index is 12.3. The fraction of sp³-hybridized carbons (Fsp3) is 0.538. The van der Waals surface area contributed by atoms with E-state index in [2.05, 4.69) is 27.6 Å². The van der Waals surface area contributed by atoms with E-state index >= 15 is 0 Å². The van der Waals surface area contributed by atoms with Gasteiger partial charge >= 0.3 is 6.36 Å². The van der Waals surface area contributed by atoms with Gasteiger partial charge in [0.1, 0.15) is 5.75 Å². The first-order chi connectivity index (χ1) is 8.83. The monoisotopic (exact) mass is 339 g/mol. The molecule has 0 saturated heterocycles. The van der Waals surface area contributed by atoms with Crippen LogP contribution in [0.2, 0.25) is 0 Å². The maximum Gasteiger partial charge on any atom is 0.573 e. The first-order valence-electron chi connectivity index (χ1n) is 6.14. The highest BCUT2D eigenvalue weighted by Crippen LogP contribution is 2.33. The molecule has 108 valence electrons. The fourth-order valence-electron chi connectivity index (χ4n) is 1.80. The topological polar surface area (TPSA) is 35.2 Å². The molecule has 19 heavy (non-hydrogen) atoms. The van der Waals surface area contributed by atoms with Gasteiger partial charge in [-0.3, -0.25) is 0 Å². The van der Waals surface area contributed by atoms with Crippen molar-refractivity contribution in [3.05, 3.63) is 28.2 Å². The van der Waals surface area contributed by atoms with Crippen molar-refractivity contribution in [1.82, 2.24) is 0 Å². The van der Waals surface area contributed by atoms with Gasteiger partial charge in [0.15, 0.2) is 0 Å². The lowest BCUT2D eigenvalue weighted by Crippen LogP contribution is -2.20. The molecule has 0 aliphatic rings. The van der Waals surface area contributed by atoms with E-state index in [-0.39, 0.29) is 5.75 Å². The second-order valence-corrected chi connectivity index (χ2v) is 5.25. The molecule has 1 aromatic carbocycles. The Hall–Kier alpha value is -0.750. The summed E-state index contributed by atoms with van der Waals surface area (Å²) in [5.41, 5.74) is 6.33. The van der Waals surface area contributed by atoms with Gasteiger partial charge in [-0.15, -0.1) is 13.2 Å². The summed E-state index contributed by atoms with van der Waals surface area (Å²) in [5, 5.41) is 0. The van der Waals surface area contributed by atoms with E-state index in [4.69, 9.17) is 5.73 Å². The number of hydrogen-bond donors (Lipinski definition) is 1. The summed E-state index contributed by atoms with van der Waals surface area (Å²) in [7, 11) is 0. The molecule has 2 N–H and O–H groups in total. The highest BCUT2D eigenvalue weighted by molar-refractivity contribution is 9.10. The summed E-state index contributed by atoms with van der Waals surface area (Å²) >= 11 is 3.23. The minimum absolute atomic E-state index is 0.223. The second kappa shape index (κ2) is 7.14. The summed E-state index contributed by atoms with van der Waals surface area (Å²) in [6.45, 7) is 2.06. The Morgan fingerprint density at radius 3 is 2.58 bits per heavy atom. The first kappa shape index (κ1) is 16.3. The van der Waals surface area contributed by atoms with Gasteiger partial charge in [-0.25, -0.2) is 0 Å². The smallest absolute Gasteiger partial charge is 0.405 e. The standard InChI is InChI=1S/C13H17BrF3NO/c1-2-3-4-5-11(18)10-8-9(14)6-7-12(10)19-13(15,16)17/h6-8,11H,2-5,18H2,1H3/t11-/m1/s1. The Morgan fingerprint density at radius 1 is 1.32 bits per heavy atom. The van der Waals surface area contributed by atoms with Crippen LogP contribution in [-0.4, -0.2) is 6.36 Å².